The molecule has 1 aliphatic heterocycles. The molecule has 0 saturated carbocycles. The third-order valence-corrected chi connectivity index (χ3v) is 2.71. The molecule has 0 spiro atoms. The second-order valence-corrected chi connectivity index (χ2v) is 4.64. The molecular weight excluding hydrogens is 180 g/mol. The highest BCUT2D eigenvalue weighted by Gasteiger charge is 2.44. The number of hydrogen-bond acceptors (Lipinski definition) is 3. The lowest BCUT2D eigenvalue weighted by Crippen LogP contribution is -2.50. The monoisotopic (exact) mass is 200 g/mol. The van der Waals surface area contributed by atoms with Crippen molar-refractivity contribution >= 4 is 5.91 Å². The quantitative estimate of drug-likeness (QED) is 0.680. The molecule has 82 valence electrons. The molecule has 4 nitrogen and oxygen atoms in total. The summed E-state index contributed by atoms with van der Waals surface area (Å²) in [7, 11) is 0. The molecular formula is C10H20N2O2. The highest BCUT2D eigenvalue weighted by molar-refractivity contribution is 5.83. The van der Waals surface area contributed by atoms with Crippen molar-refractivity contribution in [3.8, 4) is 0 Å². The molecule has 0 aromatic carbocycles. The minimum atomic E-state index is -0.547. The molecule has 0 aliphatic carbocycles. The van der Waals surface area contributed by atoms with Gasteiger partial charge >= 0.3 is 0 Å². The standard InChI is InChI=1S/C10H20N2O2/c1-7(2)4-12-9(13)10(3)6-14-5-8(10)11/h7-8H,4-6,11H2,1-3H3,(H,12,13). The van der Waals surface area contributed by atoms with Crippen LogP contribution in [0.25, 0.3) is 0 Å². The number of rotatable bonds is 3. The average Bonchev–Trinajstić information content (AvgIpc) is 2.44. The van der Waals surface area contributed by atoms with Crippen molar-refractivity contribution in [2.45, 2.75) is 26.8 Å². The van der Waals surface area contributed by atoms with Gasteiger partial charge < -0.3 is 15.8 Å². The largest absolute Gasteiger partial charge is 0.379 e. The number of nitrogens with two attached hydrogens (primary N) is 1. The zero-order valence-electron chi connectivity index (χ0n) is 9.17. The van der Waals surface area contributed by atoms with Crippen LogP contribution in [0.3, 0.4) is 0 Å². The van der Waals surface area contributed by atoms with Crippen molar-refractivity contribution in [3.63, 3.8) is 0 Å². The van der Waals surface area contributed by atoms with Crippen LogP contribution in [0.1, 0.15) is 20.8 Å². The maximum absolute atomic E-state index is 11.8. The normalized spacial score (nSPS) is 32.2. The first-order valence-corrected chi connectivity index (χ1v) is 5.08. The van der Waals surface area contributed by atoms with Gasteiger partial charge in [0.2, 0.25) is 5.91 Å². The number of ether oxygens (including phenoxy) is 1. The Morgan fingerprint density at radius 1 is 1.71 bits per heavy atom. The van der Waals surface area contributed by atoms with Gasteiger partial charge in [-0.3, -0.25) is 4.79 Å². The lowest BCUT2D eigenvalue weighted by Gasteiger charge is -2.25. The molecule has 1 saturated heterocycles. The van der Waals surface area contributed by atoms with Crippen LogP contribution in [-0.4, -0.2) is 31.7 Å². The molecule has 0 aromatic rings. The Hall–Kier alpha value is -0.610. The summed E-state index contributed by atoms with van der Waals surface area (Å²) >= 11 is 0. The van der Waals surface area contributed by atoms with E-state index in [1.807, 2.05) is 6.92 Å². The van der Waals surface area contributed by atoms with Crippen LogP contribution in [0.15, 0.2) is 0 Å². The third kappa shape index (κ3) is 2.25. The summed E-state index contributed by atoms with van der Waals surface area (Å²) in [5, 5.41) is 2.90. The fraction of sp³-hybridized carbons (Fsp3) is 0.900. The van der Waals surface area contributed by atoms with E-state index in [1.165, 1.54) is 0 Å². The van der Waals surface area contributed by atoms with Crippen molar-refractivity contribution in [3.05, 3.63) is 0 Å². The summed E-state index contributed by atoms with van der Waals surface area (Å²) in [5.41, 5.74) is 5.29. The van der Waals surface area contributed by atoms with E-state index in [0.29, 0.717) is 25.7 Å². The Morgan fingerprint density at radius 2 is 2.36 bits per heavy atom. The smallest absolute Gasteiger partial charge is 0.229 e. The minimum Gasteiger partial charge on any atom is -0.379 e. The molecule has 0 aromatic heterocycles. The molecule has 1 heterocycles. The maximum atomic E-state index is 11.8. The number of carbonyl (C=O) groups is 1. The first-order valence-electron chi connectivity index (χ1n) is 5.08. The molecule has 1 aliphatic rings. The predicted octanol–water partition coefficient (Wildman–Crippen LogP) is 0.122. The average molecular weight is 200 g/mol. The van der Waals surface area contributed by atoms with E-state index in [0.717, 1.165) is 0 Å². The molecule has 14 heavy (non-hydrogen) atoms. The first kappa shape index (κ1) is 11.5. The van der Waals surface area contributed by atoms with Crippen LogP contribution in [-0.2, 0) is 9.53 Å². The van der Waals surface area contributed by atoms with Gasteiger partial charge in [-0.15, -0.1) is 0 Å². The molecule has 2 atom stereocenters. The molecule has 0 radical (unpaired) electrons. The van der Waals surface area contributed by atoms with E-state index in [-0.39, 0.29) is 11.9 Å². The highest BCUT2D eigenvalue weighted by Crippen LogP contribution is 2.26. The molecule has 4 heteroatoms. The lowest BCUT2D eigenvalue weighted by molar-refractivity contribution is -0.130. The number of hydrogen-bond donors (Lipinski definition) is 2. The van der Waals surface area contributed by atoms with Gasteiger partial charge in [0.05, 0.1) is 18.6 Å². The molecule has 0 bridgehead atoms. The lowest BCUT2D eigenvalue weighted by atomic mass is 9.85. The van der Waals surface area contributed by atoms with Crippen LogP contribution < -0.4 is 11.1 Å². The van der Waals surface area contributed by atoms with Gasteiger partial charge in [-0.05, 0) is 12.8 Å². The van der Waals surface area contributed by atoms with E-state index in [9.17, 15) is 4.79 Å². The van der Waals surface area contributed by atoms with Crippen LogP contribution >= 0.6 is 0 Å². The van der Waals surface area contributed by atoms with Crippen LogP contribution in [0.4, 0.5) is 0 Å². The highest BCUT2D eigenvalue weighted by atomic mass is 16.5. The second-order valence-electron chi connectivity index (χ2n) is 4.64. The predicted molar refractivity (Wildman–Crippen MR) is 54.7 cm³/mol. The van der Waals surface area contributed by atoms with E-state index < -0.39 is 5.41 Å². The van der Waals surface area contributed by atoms with Gasteiger partial charge in [0.1, 0.15) is 0 Å². The Balaban J connectivity index is 2.50. The van der Waals surface area contributed by atoms with E-state index in [2.05, 4.69) is 19.2 Å². The molecule has 1 rings (SSSR count). The van der Waals surface area contributed by atoms with Gasteiger partial charge in [-0.2, -0.15) is 0 Å². The Labute approximate surface area is 85.2 Å². The second kappa shape index (κ2) is 4.28. The summed E-state index contributed by atoms with van der Waals surface area (Å²) in [5.74, 6) is 0.470. The summed E-state index contributed by atoms with van der Waals surface area (Å²) in [4.78, 5) is 11.8. The summed E-state index contributed by atoms with van der Waals surface area (Å²) in [6, 6.07) is -0.185. The van der Waals surface area contributed by atoms with Gasteiger partial charge in [0.15, 0.2) is 0 Å². The van der Waals surface area contributed by atoms with Crippen molar-refractivity contribution in [2.75, 3.05) is 19.8 Å². The van der Waals surface area contributed by atoms with Gasteiger partial charge in [0.25, 0.3) is 0 Å². The van der Waals surface area contributed by atoms with Crippen LogP contribution in [0.5, 0.6) is 0 Å². The molecule has 1 fully saturated rings. The summed E-state index contributed by atoms with van der Waals surface area (Å²) in [6.45, 7) is 7.59. The van der Waals surface area contributed by atoms with Crippen molar-refractivity contribution in [1.29, 1.82) is 0 Å². The van der Waals surface area contributed by atoms with Crippen molar-refractivity contribution < 1.29 is 9.53 Å². The molecule has 2 unspecified atom stereocenters. The van der Waals surface area contributed by atoms with Crippen molar-refractivity contribution in [1.82, 2.24) is 5.32 Å². The summed E-state index contributed by atoms with van der Waals surface area (Å²) in [6.07, 6.45) is 0. The van der Waals surface area contributed by atoms with Crippen molar-refractivity contribution in [2.24, 2.45) is 17.1 Å². The van der Waals surface area contributed by atoms with Gasteiger partial charge in [-0.1, -0.05) is 13.8 Å². The zero-order chi connectivity index (χ0) is 10.8. The first-order chi connectivity index (χ1) is 6.47. The fourth-order valence-corrected chi connectivity index (χ4v) is 1.42. The number of carbonyl (C=O) groups excluding carboxylic acids is 1. The fourth-order valence-electron chi connectivity index (χ4n) is 1.42. The maximum Gasteiger partial charge on any atom is 0.229 e. The SMILES string of the molecule is CC(C)CNC(=O)C1(C)COCC1N. The zero-order valence-corrected chi connectivity index (χ0v) is 9.17. The van der Waals surface area contributed by atoms with Crippen LogP contribution in [0.2, 0.25) is 0 Å². The Bertz CT molecular complexity index is 218. The molecule has 3 N–H and O–H groups in total. The van der Waals surface area contributed by atoms with Gasteiger partial charge in [0, 0.05) is 12.6 Å². The Kier molecular flexibility index (Phi) is 3.50. The summed E-state index contributed by atoms with van der Waals surface area (Å²) < 4.78 is 5.21. The Morgan fingerprint density at radius 3 is 2.79 bits per heavy atom. The van der Waals surface area contributed by atoms with Gasteiger partial charge in [-0.25, -0.2) is 0 Å². The van der Waals surface area contributed by atoms with E-state index in [4.69, 9.17) is 10.5 Å². The third-order valence-electron chi connectivity index (χ3n) is 2.71. The number of nitrogens with one attached hydrogen (secondary N) is 1. The number of amides is 1. The van der Waals surface area contributed by atoms with E-state index >= 15 is 0 Å². The molecule has 1 amide bonds. The van der Waals surface area contributed by atoms with E-state index in [1.54, 1.807) is 0 Å². The van der Waals surface area contributed by atoms with Crippen LogP contribution in [0, 0.1) is 11.3 Å². The minimum absolute atomic E-state index is 0.0104. The topological polar surface area (TPSA) is 64.3 Å².